The molecule has 0 saturated carbocycles. The molecule has 2 fully saturated rings. The van der Waals surface area contributed by atoms with Crippen molar-refractivity contribution in [2.45, 2.75) is 32.0 Å². The second-order valence-corrected chi connectivity index (χ2v) is 8.50. The summed E-state index contributed by atoms with van der Waals surface area (Å²) >= 11 is 0. The maximum absolute atomic E-state index is 12.4. The van der Waals surface area contributed by atoms with Crippen LogP contribution in [0.5, 0.6) is 11.5 Å². The maximum Gasteiger partial charge on any atom is 0.414 e. The minimum absolute atomic E-state index is 0. The second kappa shape index (κ2) is 11.4. The van der Waals surface area contributed by atoms with Crippen LogP contribution in [0.25, 0.3) is 0 Å². The Morgan fingerprint density at radius 1 is 1.06 bits per heavy atom. The number of benzene rings is 2. The van der Waals surface area contributed by atoms with Crippen LogP contribution < -0.4 is 19.3 Å². The lowest BCUT2D eigenvalue weighted by Crippen LogP contribution is -2.42. The van der Waals surface area contributed by atoms with Gasteiger partial charge in [0.15, 0.2) is 0 Å². The fourth-order valence-corrected chi connectivity index (χ4v) is 4.21. The summed E-state index contributed by atoms with van der Waals surface area (Å²) < 4.78 is 16.9. The van der Waals surface area contributed by atoms with Gasteiger partial charge >= 0.3 is 6.09 Å². The van der Waals surface area contributed by atoms with Crippen molar-refractivity contribution in [3.8, 4) is 11.5 Å². The van der Waals surface area contributed by atoms with Gasteiger partial charge < -0.3 is 19.1 Å². The van der Waals surface area contributed by atoms with Crippen LogP contribution in [0.2, 0.25) is 0 Å². The molecule has 2 heterocycles. The number of hydrogen-bond acceptors (Lipinski definition) is 6. The Labute approximate surface area is 206 Å². The number of cyclic esters (lactones) is 1. The average Bonchev–Trinajstić information content (AvgIpc) is 3.20. The lowest BCUT2D eigenvalue weighted by molar-refractivity contribution is -0.116. The molecule has 0 bridgehead atoms. The number of halogens is 1. The predicted octanol–water partition coefficient (Wildman–Crippen LogP) is 3.97. The molecule has 2 saturated heterocycles. The van der Waals surface area contributed by atoms with E-state index in [4.69, 9.17) is 14.2 Å². The molecule has 1 atom stereocenters. The number of likely N-dealkylation sites (tertiary alicyclic amines) is 1. The number of piperidine rings is 1. The predicted molar refractivity (Wildman–Crippen MR) is 133 cm³/mol. The van der Waals surface area contributed by atoms with E-state index in [1.165, 1.54) is 0 Å². The Hall–Kier alpha value is -2.97. The van der Waals surface area contributed by atoms with Crippen LogP contribution in [0.4, 0.5) is 16.2 Å². The first kappa shape index (κ1) is 25.6. The van der Waals surface area contributed by atoms with Gasteiger partial charge in [-0.3, -0.25) is 14.6 Å². The van der Waals surface area contributed by atoms with Crippen molar-refractivity contribution in [1.29, 1.82) is 0 Å². The van der Waals surface area contributed by atoms with Gasteiger partial charge in [-0.1, -0.05) is 0 Å². The minimum atomic E-state index is -0.303. The zero-order valence-corrected chi connectivity index (χ0v) is 20.6. The van der Waals surface area contributed by atoms with Crippen molar-refractivity contribution in [3.05, 3.63) is 48.5 Å². The summed E-state index contributed by atoms with van der Waals surface area (Å²) in [5, 5.41) is 0. The topological polar surface area (TPSA) is 71.6 Å². The zero-order chi connectivity index (χ0) is 23.4. The molecule has 0 spiro atoms. The van der Waals surface area contributed by atoms with Crippen molar-refractivity contribution in [2.24, 2.45) is 0 Å². The third-order valence-corrected chi connectivity index (χ3v) is 6.25. The number of methoxy groups -OCH3 is 1. The molecular formula is C25H32ClN3O5. The Bertz CT molecular complexity index is 962. The third-order valence-electron chi connectivity index (χ3n) is 6.25. The molecule has 2 aliphatic heterocycles. The van der Waals surface area contributed by atoms with E-state index in [1.54, 1.807) is 30.9 Å². The molecule has 0 N–H and O–H groups in total. The van der Waals surface area contributed by atoms with Crippen LogP contribution in [0.3, 0.4) is 0 Å². The quantitative estimate of drug-likeness (QED) is 0.586. The van der Waals surface area contributed by atoms with Crippen molar-refractivity contribution < 1.29 is 23.8 Å². The molecule has 2 aromatic rings. The lowest BCUT2D eigenvalue weighted by atomic mass is 10.1. The standard InChI is InChI=1S/C25H31N3O5.ClH/c1-18(29)26(2)19-4-10-22(11-5-19)32-23-12-14-27(15-13-23)16-24-17-28(25(30)33-24)20-6-8-21(31-3)9-7-20;/h4-11,23-24H,12-17H2,1-3H3;1H/t24-;/m0./s1. The maximum atomic E-state index is 12.4. The van der Waals surface area contributed by atoms with E-state index in [1.807, 2.05) is 48.5 Å². The number of rotatable bonds is 7. The summed E-state index contributed by atoms with van der Waals surface area (Å²) in [6.07, 6.45) is 1.53. The van der Waals surface area contributed by atoms with Gasteiger partial charge in [0.2, 0.25) is 5.91 Å². The van der Waals surface area contributed by atoms with Crippen LogP contribution in [0.15, 0.2) is 48.5 Å². The highest BCUT2D eigenvalue weighted by atomic mass is 35.5. The molecule has 9 heteroatoms. The van der Waals surface area contributed by atoms with Gasteiger partial charge in [0.1, 0.15) is 23.7 Å². The van der Waals surface area contributed by atoms with Crippen LogP contribution in [-0.2, 0) is 9.53 Å². The normalized spacial score (nSPS) is 18.7. The van der Waals surface area contributed by atoms with Gasteiger partial charge in [-0.15, -0.1) is 12.4 Å². The first-order chi connectivity index (χ1) is 15.9. The Balaban J connectivity index is 0.00000324. The average molecular weight is 490 g/mol. The monoisotopic (exact) mass is 489 g/mol. The Kier molecular flexibility index (Phi) is 8.63. The van der Waals surface area contributed by atoms with E-state index in [9.17, 15) is 9.59 Å². The summed E-state index contributed by atoms with van der Waals surface area (Å²) in [6.45, 7) is 4.60. The molecular weight excluding hydrogens is 458 g/mol. The fraction of sp³-hybridized carbons (Fsp3) is 0.440. The molecule has 0 aliphatic carbocycles. The SMILES string of the molecule is COc1ccc(N2C[C@H](CN3CCC(Oc4ccc(N(C)C(C)=O)cc4)CC3)OC2=O)cc1.Cl. The summed E-state index contributed by atoms with van der Waals surface area (Å²) in [5.74, 6) is 1.57. The number of hydrogen-bond donors (Lipinski definition) is 0. The Morgan fingerprint density at radius 2 is 1.68 bits per heavy atom. The minimum Gasteiger partial charge on any atom is -0.497 e. The molecule has 184 valence electrons. The molecule has 8 nitrogen and oxygen atoms in total. The smallest absolute Gasteiger partial charge is 0.414 e. The van der Waals surface area contributed by atoms with Crippen molar-refractivity contribution in [1.82, 2.24) is 4.90 Å². The summed E-state index contributed by atoms with van der Waals surface area (Å²) in [7, 11) is 3.38. The van der Waals surface area contributed by atoms with Crippen molar-refractivity contribution in [2.75, 3.05) is 50.1 Å². The van der Waals surface area contributed by atoms with Gasteiger partial charge in [-0.2, -0.15) is 0 Å². The molecule has 2 aliphatic rings. The van der Waals surface area contributed by atoms with E-state index < -0.39 is 0 Å². The Morgan fingerprint density at radius 3 is 2.26 bits per heavy atom. The first-order valence-corrected chi connectivity index (χ1v) is 11.3. The number of anilines is 2. The highest BCUT2D eigenvalue weighted by molar-refractivity contribution is 5.91. The molecule has 4 rings (SSSR count). The highest BCUT2D eigenvalue weighted by Crippen LogP contribution is 2.26. The molecule has 2 amide bonds. The summed E-state index contributed by atoms with van der Waals surface area (Å²) in [5.41, 5.74) is 1.66. The van der Waals surface area contributed by atoms with Gasteiger partial charge in [-0.25, -0.2) is 4.79 Å². The van der Waals surface area contributed by atoms with E-state index in [0.717, 1.165) is 55.3 Å². The van der Waals surface area contributed by atoms with Crippen LogP contribution in [0.1, 0.15) is 19.8 Å². The van der Waals surface area contributed by atoms with Crippen molar-refractivity contribution >= 4 is 35.8 Å². The van der Waals surface area contributed by atoms with Gasteiger partial charge in [-0.05, 0) is 61.4 Å². The van der Waals surface area contributed by atoms with Gasteiger partial charge in [0.05, 0.1) is 13.7 Å². The zero-order valence-electron chi connectivity index (χ0n) is 19.8. The molecule has 0 radical (unpaired) electrons. The summed E-state index contributed by atoms with van der Waals surface area (Å²) in [6, 6.07) is 15.0. The van der Waals surface area contributed by atoms with Crippen LogP contribution in [0, 0.1) is 0 Å². The first-order valence-electron chi connectivity index (χ1n) is 11.3. The summed E-state index contributed by atoms with van der Waals surface area (Å²) in [4.78, 5) is 29.5. The van der Waals surface area contributed by atoms with Gasteiger partial charge in [0, 0.05) is 45.0 Å². The molecule has 0 aromatic heterocycles. The third kappa shape index (κ3) is 6.12. The highest BCUT2D eigenvalue weighted by Gasteiger charge is 2.34. The van der Waals surface area contributed by atoms with Crippen LogP contribution >= 0.6 is 12.4 Å². The largest absolute Gasteiger partial charge is 0.497 e. The van der Waals surface area contributed by atoms with E-state index in [-0.39, 0.29) is 36.6 Å². The van der Waals surface area contributed by atoms with Crippen molar-refractivity contribution in [3.63, 3.8) is 0 Å². The molecule has 0 unspecified atom stereocenters. The van der Waals surface area contributed by atoms with E-state index in [0.29, 0.717) is 6.54 Å². The number of ether oxygens (including phenoxy) is 3. The van der Waals surface area contributed by atoms with E-state index in [2.05, 4.69) is 4.90 Å². The van der Waals surface area contributed by atoms with E-state index >= 15 is 0 Å². The molecule has 2 aromatic carbocycles. The van der Waals surface area contributed by atoms with Crippen LogP contribution in [-0.4, -0.2) is 69.4 Å². The number of amides is 2. The second-order valence-electron chi connectivity index (χ2n) is 8.50. The number of carbonyl (C=O) groups is 2. The molecule has 34 heavy (non-hydrogen) atoms. The number of nitrogens with zero attached hydrogens (tertiary/aromatic N) is 3. The lowest BCUT2D eigenvalue weighted by Gasteiger charge is -2.33. The number of carbonyl (C=O) groups excluding carboxylic acids is 2. The van der Waals surface area contributed by atoms with Gasteiger partial charge in [0.25, 0.3) is 0 Å². The fourth-order valence-electron chi connectivity index (χ4n) is 4.21.